The van der Waals surface area contributed by atoms with Gasteiger partial charge < -0.3 is 10.1 Å². The standard InChI is InChI=1S/C21H18F3N3O4S/c22-21(23,24)31-13-7-5-12(6-8-13)9-14-10-25-20(32-14)26-17(28)11-27-18(29)15-3-1-2-4-16(15)19(27)30/h1-2,5-8,10,15-16H,3-4,9,11H2,(H,25,26,28). The van der Waals surface area contributed by atoms with Gasteiger partial charge in [0.15, 0.2) is 5.13 Å². The molecule has 0 bridgehead atoms. The summed E-state index contributed by atoms with van der Waals surface area (Å²) >= 11 is 1.20. The normalized spacial score (nSPS) is 20.4. The minimum atomic E-state index is -4.74. The molecule has 1 aliphatic carbocycles. The SMILES string of the molecule is O=C(CN1C(=O)C2CC=CCC2C1=O)Nc1ncc(Cc2ccc(OC(F)(F)F)cc2)s1. The number of likely N-dealkylation sites (tertiary alicyclic amines) is 1. The molecule has 4 rings (SSSR count). The quantitative estimate of drug-likeness (QED) is 0.521. The van der Waals surface area contributed by atoms with Crippen LogP contribution in [0.25, 0.3) is 0 Å². The number of amides is 3. The molecule has 1 N–H and O–H groups in total. The van der Waals surface area contributed by atoms with E-state index in [2.05, 4.69) is 15.0 Å². The molecule has 1 aliphatic heterocycles. The molecule has 2 heterocycles. The van der Waals surface area contributed by atoms with E-state index in [1.807, 2.05) is 12.2 Å². The molecule has 0 spiro atoms. The van der Waals surface area contributed by atoms with Crippen molar-refractivity contribution in [2.24, 2.45) is 11.8 Å². The summed E-state index contributed by atoms with van der Waals surface area (Å²) in [6, 6.07) is 5.48. The first kappa shape index (κ1) is 22.0. The van der Waals surface area contributed by atoms with E-state index in [1.165, 1.54) is 35.6 Å². The molecular weight excluding hydrogens is 447 g/mol. The lowest BCUT2D eigenvalue weighted by Crippen LogP contribution is -2.38. The molecular formula is C21H18F3N3O4S. The smallest absolute Gasteiger partial charge is 0.406 e. The summed E-state index contributed by atoms with van der Waals surface area (Å²) in [6.45, 7) is -0.361. The van der Waals surface area contributed by atoms with Gasteiger partial charge in [0.05, 0.1) is 11.8 Å². The molecule has 168 valence electrons. The number of anilines is 1. The van der Waals surface area contributed by atoms with Gasteiger partial charge in [0.1, 0.15) is 12.3 Å². The molecule has 2 aliphatic rings. The second kappa shape index (κ2) is 8.73. The number of hydrogen-bond acceptors (Lipinski definition) is 6. The molecule has 1 saturated heterocycles. The topological polar surface area (TPSA) is 88.6 Å². The number of alkyl halides is 3. The highest BCUT2D eigenvalue weighted by Gasteiger charge is 2.47. The average molecular weight is 465 g/mol. The maximum atomic E-state index is 12.5. The molecule has 2 atom stereocenters. The van der Waals surface area contributed by atoms with Crippen molar-refractivity contribution in [3.8, 4) is 5.75 Å². The second-order valence-corrected chi connectivity index (χ2v) is 8.58. The number of hydrogen-bond donors (Lipinski definition) is 1. The monoisotopic (exact) mass is 465 g/mol. The van der Waals surface area contributed by atoms with Crippen LogP contribution in [0.5, 0.6) is 5.75 Å². The largest absolute Gasteiger partial charge is 0.573 e. The van der Waals surface area contributed by atoms with Gasteiger partial charge in [-0.3, -0.25) is 19.3 Å². The number of allylic oxidation sites excluding steroid dienone is 2. The Kier molecular flexibility index (Phi) is 6.00. The minimum absolute atomic E-state index is 0.305. The zero-order valence-corrected chi connectivity index (χ0v) is 17.4. The second-order valence-electron chi connectivity index (χ2n) is 7.47. The number of halogens is 3. The van der Waals surface area contributed by atoms with Gasteiger partial charge in [-0.15, -0.1) is 24.5 Å². The number of carbonyl (C=O) groups excluding carboxylic acids is 3. The van der Waals surface area contributed by atoms with E-state index in [0.717, 1.165) is 15.3 Å². The number of aromatic nitrogens is 1. The number of rotatable bonds is 6. The summed E-state index contributed by atoms with van der Waals surface area (Å²) in [5, 5.41) is 2.90. The maximum Gasteiger partial charge on any atom is 0.573 e. The fourth-order valence-corrected chi connectivity index (χ4v) is 4.65. The Hall–Kier alpha value is -3.21. The van der Waals surface area contributed by atoms with E-state index in [4.69, 9.17) is 0 Å². The fourth-order valence-electron chi connectivity index (χ4n) is 3.78. The van der Waals surface area contributed by atoms with Gasteiger partial charge in [-0.05, 0) is 30.5 Å². The lowest BCUT2D eigenvalue weighted by Gasteiger charge is -2.14. The van der Waals surface area contributed by atoms with Crippen LogP contribution < -0.4 is 10.1 Å². The predicted octanol–water partition coefficient (Wildman–Crippen LogP) is 3.52. The van der Waals surface area contributed by atoms with Crippen LogP contribution in [-0.2, 0) is 20.8 Å². The van der Waals surface area contributed by atoms with E-state index in [0.29, 0.717) is 24.4 Å². The summed E-state index contributed by atoms with van der Waals surface area (Å²) < 4.78 is 40.6. The van der Waals surface area contributed by atoms with Crippen LogP contribution in [0.15, 0.2) is 42.6 Å². The van der Waals surface area contributed by atoms with E-state index < -0.39 is 12.3 Å². The number of benzene rings is 1. The van der Waals surface area contributed by atoms with Gasteiger partial charge in [-0.1, -0.05) is 24.3 Å². The average Bonchev–Trinajstić information content (AvgIpc) is 3.26. The summed E-state index contributed by atoms with van der Waals surface area (Å²) in [5.74, 6) is -2.25. The first-order valence-corrected chi connectivity index (χ1v) is 10.6. The van der Waals surface area contributed by atoms with Crippen molar-refractivity contribution in [1.29, 1.82) is 0 Å². The Bertz CT molecular complexity index is 1040. The van der Waals surface area contributed by atoms with Crippen LogP contribution in [0.2, 0.25) is 0 Å². The van der Waals surface area contributed by atoms with Crippen LogP contribution in [0.1, 0.15) is 23.3 Å². The van der Waals surface area contributed by atoms with Crippen molar-refractivity contribution >= 4 is 34.2 Å². The Morgan fingerprint density at radius 3 is 2.34 bits per heavy atom. The third-order valence-corrected chi connectivity index (χ3v) is 6.15. The number of thiazole rings is 1. The summed E-state index contributed by atoms with van der Waals surface area (Å²) in [4.78, 5) is 43.2. The van der Waals surface area contributed by atoms with Crippen molar-refractivity contribution in [2.45, 2.75) is 25.6 Å². The van der Waals surface area contributed by atoms with E-state index in [-0.39, 0.29) is 35.9 Å². The third-order valence-electron chi connectivity index (χ3n) is 5.24. The Morgan fingerprint density at radius 2 is 1.75 bits per heavy atom. The summed E-state index contributed by atoms with van der Waals surface area (Å²) in [5.41, 5.74) is 0.741. The summed E-state index contributed by atoms with van der Waals surface area (Å²) in [7, 11) is 0. The zero-order chi connectivity index (χ0) is 22.9. The number of nitrogens with one attached hydrogen (secondary N) is 1. The lowest BCUT2D eigenvalue weighted by atomic mass is 9.85. The number of imide groups is 1. The van der Waals surface area contributed by atoms with Crippen molar-refractivity contribution < 1.29 is 32.3 Å². The molecule has 0 saturated carbocycles. The highest BCUT2D eigenvalue weighted by molar-refractivity contribution is 7.15. The number of carbonyl (C=O) groups is 3. The maximum absolute atomic E-state index is 12.5. The zero-order valence-electron chi connectivity index (χ0n) is 16.6. The van der Waals surface area contributed by atoms with E-state index >= 15 is 0 Å². The van der Waals surface area contributed by atoms with Crippen molar-refractivity contribution in [3.63, 3.8) is 0 Å². The van der Waals surface area contributed by atoms with Gasteiger partial charge in [0.2, 0.25) is 17.7 Å². The molecule has 2 unspecified atom stereocenters. The Labute approximate surface area is 184 Å². The molecule has 7 nitrogen and oxygen atoms in total. The van der Waals surface area contributed by atoms with Gasteiger partial charge in [-0.25, -0.2) is 4.98 Å². The lowest BCUT2D eigenvalue weighted by molar-refractivity contribution is -0.274. The highest BCUT2D eigenvalue weighted by Crippen LogP contribution is 2.35. The van der Waals surface area contributed by atoms with Gasteiger partial charge >= 0.3 is 6.36 Å². The molecule has 3 amide bonds. The van der Waals surface area contributed by atoms with Crippen LogP contribution in [0.3, 0.4) is 0 Å². The van der Waals surface area contributed by atoms with Crippen LogP contribution in [0, 0.1) is 11.8 Å². The van der Waals surface area contributed by atoms with Gasteiger partial charge in [0.25, 0.3) is 0 Å². The molecule has 0 radical (unpaired) electrons. The summed E-state index contributed by atoms with van der Waals surface area (Å²) in [6.07, 6.45) is 1.98. The Balaban J connectivity index is 1.32. The molecule has 11 heteroatoms. The van der Waals surface area contributed by atoms with E-state index in [9.17, 15) is 27.6 Å². The number of nitrogens with zero attached hydrogens (tertiary/aromatic N) is 2. The molecule has 2 aromatic rings. The van der Waals surface area contributed by atoms with Crippen LogP contribution in [-0.4, -0.2) is 40.5 Å². The molecule has 32 heavy (non-hydrogen) atoms. The highest BCUT2D eigenvalue weighted by atomic mass is 32.1. The van der Waals surface area contributed by atoms with Gasteiger partial charge in [-0.2, -0.15) is 0 Å². The molecule has 1 aromatic heterocycles. The third kappa shape index (κ3) is 4.98. The van der Waals surface area contributed by atoms with E-state index in [1.54, 1.807) is 6.20 Å². The van der Waals surface area contributed by atoms with Gasteiger partial charge in [0, 0.05) is 17.5 Å². The molecule has 1 fully saturated rings. The van der Waals surface area contributed by atoms with Crippen LogP contribution >= 0.6 is 11.3 Å². The van der Waals surface area contributed by atoms with Crippen LogP contribution in [0.4, 0.5) is 18.3 Å². The molecule has 1 aromatic carbocycles. The van der Waals surface area contributed by atoms with Crippen molar-refractivity contribution in [2.75, 3.05) is 11.9 Å². The predicted molar refractivity (Wildman–Crippen MR) is 109 cm³/mol. The van der Waals surface area contributed by atoms with Crippen molar-refractivity contribution in [1.82, 2.24) is 9.88 Å². The first-order valence-electron chi connectivity index (χ1n) is 9.79. The number of fused-ring (bicyclic) bond motifs is 1. The fraction of sp³-hybridized carbons (Fsp3) is 0.333. The van der Waals surface area contributed by atoms with Crippen molar-refractivity contribution in [3.05, 3.63) is 53.1 Å². The Morgan fingerprint density at radius 1 is 1.12 bits per heavy atom. The number of ether oxygens (including phenoxy) is 1. The minimum Gasteiger partial charge on any atom is -0.406 e. The first-order chi connectivity index (χ1) is 15.2.